The van der Waals surface area contributed by atoms with E-state index in [4.69, 9.17) is 11.6 Å². The number of halogens is 1. The van der Waals surface area contributed by atoms with Crippen LogP contribution in [0.15, 0.2) is 42.5 Å². The number of rotatable bonds is 10. The van der Waals surface area contributed by atoms with E-state index in [1.54, 1.807) is 42.5 Å². The SMILES string of the molecule is CCCC(=O)Nc1ccc(Cl)c(NC(=O)CNc2ccc(C(=O)NC(C)CC)cc2)c1. The van der Waals surface area contributed by atoms with Crippen molar-refractivity contribution < 1.29 is 14.4 Å². The highest BCUT2D eigenvalue weighted by atomic mass is 35.5. The Morgan fingerprint density at radius 1 is 0.935 bits per heavy atom. The van der Waals surface area contributed by atoms with E-state index in [9.17, 15) is 14.4 Å². The highest BCUT2D eigenvalue weighted by Gasteiger charge is 2.10. The van der Waals surface area contributed by atoms with Crippen LogP contribution in [-0.2, 0) is 9.59 Å². The van der Waals surface area contributed by atoms with E-state index in [0.29, 0.717) is 34.1 Å². The molecule has 2 aromatic carbocycles. The van der Waals surface area contributed by atoms with Crippen molar-refractivity contribution in [2.75, 3.05) is 22.5 Å². The minimum absolute atomic E-state index is 0.0150. The Hall–Kier alpha value is -3.06. The predicted octanol–water partition coefficient (Wildman–Crippen LogP) is 4.66. The lowest BCUT2D eigenvalue weighted by Crippen LogP contribution is -2.31. The van der Waals surface area contributed by atoms with Crippen LogP contribution in [0.3, 0.4) is 0 Å². The third-order valence-electron chi connectivity index (χ3n) is 4.59. The molecule has 0 aromatic heterocycles. The Balaban J connectivity index is 1.90. The zero-order valence-corrected chi connectivity index (χ0v) is 18.8. The number of hydrogen-bond acceptors (Lipinski definition) is 4. The minimum atomic E-state index is -0.294. The molecule has 0 spiro atoms. The molecular formula is C23H29ClN4O3. The van der Waals surface area contributed by atoms with Gasteiger partial charge in [-0.1, -0.05) is 25.4 Å². The van der Waals surface area contributed by atoms with E-state index in [1.807, 2.05) is 20.8 Å². The quantitative estimate of drug-likeness (QED) is 0.428. The van der Waals surface area contributed by atoms with Crippen LogP contribution in [0, 0.1) is 0 Å². The maximum Gasteiger partial charge on any atom is 0.251 e. The smallest absolute Gasteiger partial charge is 0.251 e. The molecule has 0 heterocycles. The number of anilines is 3. The largest absolute Gasteiger partial charge is 0.376 e. The fourth-order valence-corrected chi connectivity index (χ4v) is 2.84. The van der Waals surface area contributed by atoms with Gasteiger partial charge in [0.2, 0.25) is 11.8 Å². The molecule has 2 rings (SSSR count). The van der Waals surface area contributed by atoms with Crippen molar-refractivity contribution in [2.24, 2.45) is 0 Å². The van der Waals surface area contributed by atoms with Crippen molar-refractivity contribution in [2.45, 2.75) is 46.1 Å². The Morgan fingerprint density at radius 2 is 1.61 bits per heavy atom. The molecule has 31 heavy (non-hydrogen) atoms. The average molecular weight is 445 g/mol. The summed E-state index contributed by atoms with van der Waals surface area (Å²) in [4.78, 5) is 36.2. The molecule has 1 unspecified atom stereocenters. The first-order chi connectivity index (χ1) is 14.8. The average Bonchev–Trinajstić information content (AvgIpc) is 2.75. The van der Waals surface area contributed by atoms with Crippen molar-refractivity contribution in [3.63, 3.8) is 0 Å². The molecule has 8 heteroatoms. The van der Waals surface area contributed by atoms with Crippen LogP contribution in [0.1, 0.15) is 50.4 Å². The lowest BCUT2D eigenvalue weighted by Gasteiger charge is -2.13. The van der Waals surface area contributed by atoms with Gasteiger partial charge in [-0.05, 0) is 62.2 Å². The van der Waals surface area contributed by atoms with Crippen LogP contribution in [-0.4, -0.2) is 30.3 Å². The Kier molecular flexibility index (Phi) is 9.34. The summed E-state index contributed by atoms with van der Waals surface area (Å²) in [7, 11) is 0. The molecule has 0 saturated heterocycles. The molecule has 0 radical (unpaired) electrons. The van der Waals surface area contributed by atoms with Crippen LogP contribution >= 0.6 is 11.6 Å². The molecule has 0 aliphatic carbocycles. The monoisotopic (exact) mass is 444 g/mol. The van der Waals surface area contributed by atoms with Crippen LogP contribution in [0.2, 0.25) is 5.02 Å². The van der Waals surface area contributed by atoms with Gasteiger partial charge in [0.1, 0.15) is 0 Å². The Bertz CT molecular complexity index is 916. The maximum atomic E-state index is 12.3. The molecule has 2 aromatic rings. The molecule has 7 nitrogen and oxygen atoms in total. The zero-order chi connectivity index (χ0) is 22.8. The van der Waals surface area contributed by atoms with Crippen LogP contribution in [0.25, 0.3) is 0 Å². The van der Waals surface area contributed by atoms with Gasteiger partial charge in [-0.25, -0.2) is 0 Å². The summed E-state index contributed by atoms with van der Waals surface area (Å²) in [6.07, 6.45) is 2.03. The standard InChI is InChI=1S/C23H29ClN4O3/c1-4-6-21(29)27-18-11-12-19(24)20(13-18)28-22(30)14-25-17-9-7-16(8-10-17)23(31)26-15(3)5-2/h7-13,15,25H,4-6,14H2,1-3H3,(H,26,31)(H,27,29)(H,28,30). The van der Waals surface area contributed by atoms with Crippen molar-refractivity contribution in [3.8, 4) is 0 Å². The fourth-order valence-electron chi connectivity index (χ4n) is 2.67. The van der Waals surface area contributed by atoms with E-state index >= 15 is 0 Å². The second-order valence-electron chi connectivity index (χ2n) is 7.25. The molecule has 166 valence electrons. The van der Waals surface area contributed by atoms with Crippen LogP contribution < -0.4 is 21.3 Å². The van der Waals surface area contributed by atoms with Crippen LogP contribution in [0.5, 0.6) is 0 Å². The summed E-state index contributed by atoms with van der Waals surface area (Å²) < 4.78 is 0. The summed E-state index contributed by atoms with van der Waals surface area (Å²) in [6, 6.07) is 11.9. The van der Waals surface area contributed by atoms with Gasteiger partial charge in [0.25, 0.3) is 5.91 Å². The number of hydrogen-bond donors (Lipinski definition) is 4. The third kappa shape index (κ3) is 7.94. The zero-order valence-electron chi connectivity index (χ0n) is 18.0. The summed E-state index contributed by atoms with van der Waals surface area (Å²) >= 11 is 6.16. The first-order valence-corrected chi connectivity index (χ1v) is 10.7. The van der Waals surface area contributed by atoms with E-state index in [-0.39, 0.29) is 30.3 Å². The topological polar surface area (TPSA) is 99.3 Å². The molecule has 0 fully saturated rings. The Labute approximate surface area is 187 Å². The molecule has 0 saturated carbocycles. The second kappa shape index (κ2) is 12.0. The summed E-state index contributed by atoms with van der Waals surface area (Å²) in [5.74, 6) is -0.512. The van der Waals surface area contributed by atoms with Gasteiger partial charge in [-0.2, -0.15) is 0 Å². The van der Waals surface area contributed by atoms with Crippen molar-refractivity contribution in [1.29, 1.82) is 0 Å². The molecule has 4 N–H and O–H groups in total. The highest BCUT2D eigenvalue weighted by molar-refractivity contribution is 6.33. The van der Waals surface area contributed by atoms with Gasteiger partial charge < -0.3 is 21.3 Å². The highest BCUT2D eigenvalue weighted by Crippen LogP contribution is 2.25. The lowest BCUT2D eigenvalue weighted by molar-refractivity contribution is -0.116. The normalized spacial score (nSPS) is 11.4. The minimum Gasteiger partial charge on any atom is -0.376 e. The lowest BCUT2D eigenvalue weighted by atomic mass is 10.1. The van der Waals surface area contributed by atoms with Gasteiger partial charge in [-0.3, -0.25) is 14.4 Å². The Morgan fingerprint density at radius 3 is 2.26 bits per heavy atom. The van der Waals surface area contributed by atoms with Gasteiger partial charge >= 0.3 is 0 Å². The number of carbonyl (C=O) groups excluding carboxylic acids is 3. The number of nitrogens with one attached hydrogen (secondary N) is 4. The number of benzene rings is 2. The van der Waals surface area contributed by atoms with Crippen molar-refractivity contribution >= 4 is 46.4 Å². The molecule has 3 amide bonds. The molecule has 0 bridgehead atoms. The first-order valence-electron chi connectivity index (χ1n) is 10.4. The molecular weight excluding hydrogens is 416 g/mol. The van der Waals surface area contributed by atoms with Gasteiger partial charge in [-0.15, -0.1) is 0 Å². The summed E-state index contributed by atoms with van der Waals surface area (Å²) in [5.41, 5.74) is 2.25. The second-order valence-corrected chi connectivity index (χ2v) is 7.66. The van der Waals surface area contributed by atoms with E-state index in [0.717, 1.165) is 12.8 Å². The molecule has 0 aliphatic rings. The van der Waals surface area contributed by atoms with E-state index in [2.05, 4.69) is 21.3 Å². The molecule has 1 atom stereocenters. The predicted molar refractivity (Wildman–Crippen MR) is 126 cm³/mol. The van der Waals surface area contributed by atoms with Crippen molar-refractivity contribution in [1.82, 2.24) is 5.32 Å². The molecule has 0 aliphatic heterocycles. The fraction of sp³-hybridized carbons (Fsp3) is 0.348. The first kappa shape index (κ1) is 24.2. The van der Waals surface area contributed by atoms with E-state index < -0.39 is 0 Å². The third-order valence-corrected chi connectivity index (χ3v) is 4.92. The van der Waals surface area contributed by atoms with Crippen LogP contribution in [0.4, 0.5) is 17.1 Å². The summed E-state index contributed by atoms with van der Waals surface area (Å²) in [5, 5.41) is 11.8. The van der Waals surface area contributed by atoms with Gasteiger partial charge in [0.15, 0.2) is 0 Å². The van der Waals surface area contributed by atoms with Gasteiger partial charge in [0, 0.05) is 29.4 Å². The van der Waals surface area contributed by atoms with Crippen molar-refractivity contribution in [3.05, 3.63) is 53.1 Å². The number of carbonyl (C=O) groups is 3. The summed E-state index contributed by atoms with van der Waals surface area (Å²) in [6.45, 7) is 5.90. The maximum absolute atomic E-state index is 12.3. The number of amides is 3. The van der Waals surface area contributed by atoms with Gasteiger partial charge in [0.05, 0.1) is 17.3 Å². The van der Waals surface area contributed by atoms with E-state index in [1.165, 1.54) is 0 Å².